The van der Waals surface area contributed by atoms with E-state index in [1.165, 1.54) is 26.0 Å². The maximum Gasteiger partial charge on any atom is 0.324 e. The van der Waals surface area contributed by atoms with Crippen molar-refractivity contribution in [3.05, 3.63) is 16.5 Å². The van der Waals surface area contributed by atoms with Crippen molar-refractivity contribution in [3.8, 4) is 0 Å². The Labute approximate surface area is 102 Å². The molecule has 1 aromatic heterocycles. The maximum atomic E-state index is 11.7. The summed E-state index contributed by atoms with van der Waals surface area (Å²) in [5.74, 6) is -1.25. The Morgan fingerprint density at radius 1 is 1.50 bits per heavy atom. The number of aliphatic carboxylic acids is 1. The van der Waals surface area contributed by atoms with Gasteiger partial charge in [0.15, 0.2) is 0 Å². The van der Waals surface area contributed by atoms with E-state index in [1.54, 1.807) is 0 Å². The van der Waals surface area contributed by atoms with Crippen LogP contribution in [0, 0.1) is 0 Å². The quantitative estimate of drug-likeness (QED) is 0.878. The molecular weight excluding hydrogens is 274 g/mol. The summed E-state index contributed by atoms with van der Waals surface area (Å²) in [6.07, 6.45) is 0. The number of halogens is 1. The molecule has 0 spiro atoms. The Morgan fingerprint density at radius 3 is 2.44 bits per heavy atom. The van der Waals surface area contributed by atoms with Gasteiger partial charge in [-0.05, 0) is 26.0 Å². The average Bonchev–Trinajstić information content (AvgIpc) is 2.50. The molecule has 1 aromatic rings. The highest BCUT2D eigenvalue weighted by Gasteiger charge is 2.33. The molecule has 0 atom stereocenters. The first-order valence-corrected chi connectivity index (χ1v) is 6.85. The lowest BCUT2D eigenvalue weighted by Crippen LogP contribution is -2.49. The van der Waals surface area contributed by atoms with Crippen molar-refractivity contribution in [1.82, 2.24) is 4.72 Å². The molecule has 0 saturated heterocycles. The Hall–Kier alpha value is -0.630. The standard InChI is InChI=1S/C8H10ClNO4S2/c1-8(2,7(11)12)10-16(13,14)6-4-3-5(9)15-6/h3-4,10H,1-2H3,(H,11,12). The zero-order valence-corrected chi connectivity index (χ0v) is 10.9. The molecule has 1 rings (SSSR count). The van der Waals surface area contributed by atoms with E-state index in [0.717, 1.165) is 11.3 Å². The molecule has 0 saturated carbocycles. The third kappa shape index (κ3) is 2.94. The summed E-state index contributed by atoms with van der Waals surface area (Å²) in [6.45, 7) is 2.53. The molecule has 0 aliphatic rings. The number of carbonyl (C=O) groups is 1. The number of hydrogen-bond acceptors (Lipinski definition) is 4. The lowest BCUT2D eigenvalue weighted by Gasteiger charge is -2.19. The summed E-state index contributed by atoms with van der Waals surface area (Å²) in [4.78, 5) is 10.8. The number of carboxylic acid groups (broad SMARTS) is 1. The first kappa shape index (κ1) is 13.4. The maximum absolute atomic E-state index is 11.7. The van der Waals surface area contributed by atoms with Crippen molar-refractivity contribution in [2.75, 3.05) is 0 Å². The van der Waals surface area contributed by atoms with Crippen LogP contribution < -0.4 is 4.72 Å². The minimum Gasteiger partial charge on any atom is -0.480 e. The fourth-order valence-electron chi connectivity index (χ4n) is 0.872. The van der Waals surface area contributed by atoms with E-state index in [9.17, 15) is 13.2 Å². The van der Waals surface area contributed by atoms with Crippen molar-refractivity contribution in [2.24, 2.45) is 0 Å². The second-order valence-corrected chi connectivity index (χ2v) is 7.22. The van der Waals surface area contributed by atoms with E-state index in [-0.39, 0.29) is 4.21 Å². The third-order valence-electron chi connectivity index (χ3n) is 1.74. The summed E-state index contributed by atoms with van der Waals surface area (Å²) in [5.41, 5.74) is -1.56. The van der Waals surface area contributed by atoms with Gasteiger partial charge in [0.05, 0.1) is 4.34 Å². The van der Waals surface area contributed by atoms with E-state index in [2.05, 4.69) is 4.72 Å². The van der Waals surface area contributed by atoms with Gasteiger partial charge in [0.2, 0.25) is 0 Å². The van der Waals surface area contributed by atoms with Crippen molar-refractivity contribution in [1.29, 1.82) is 0 Å². The fourth-order valence-corrected chi connectivity index (χ4v) is 3.73. The van der Waals surface area contributed by atoms with Gasteiger partial charge < -0.3 is 5.11 Å². The first-order chi connectivity index (χ1) is 7.15. The monoisotopic (exact) mass is 283 g/mol. The molecule has 0 fully saturated rings. The fraction of sp³-hybridized carbons (Fsp3) is 0.375. The molecule has 1 heterocycles. The van der Waals surface area contributed by atoms with Gasteiger partial charge in [0, 0.05) is 0 Å². The van der Waals surface area contributed by atoms with Gasteiger partial charge in [-0.3, -0.25) is 4.79 Å². The summed E-state index contributed by atoms with van der Waals surface area (Å²) in [6, 6.07) is 2.77. The van der Waals surface area contributed by atoms with Crippen LogP contribution >= 0.6 is 22.9 Å². The zero-order valence-electron chi connectivity index (χ0n) is 8.52. The van der Waals surface area contributed by atoms with Gasteiger partial charge in [-0.25, -0.2) is 8.42 Å². The Balaban J connectivity index is 3.02. The smallest absolute Gasteiger partial charge is 0.324 e. The van der Waals surface area contributed by atoms with Crippen molar-refractivity contribution < 1.29 is 18.3 Å². The molecule has 0 bridgehead atoms. The van der Waals surface area contributed by atoms with Crippen molar-refractivity contribution in [2.45, 2.75) is 23.6 Å². The van der Waals surface area contributed by atoms with Crippen LogP contribution in [0.2, 0.25) is 4.34 Å². The first-order valence-electron chi connectivity index (χ1n) is 4.18. The highest BCUT2D eigenvalue weighted by molar-refractivity contribution is 7.91. The lowest BCUT2D eigenvalue weighted by atomic mass is 10.1. The van der Waals surface area contributed by atoms with Crippen LogP contribution in [0.4, 0.5) is 0 Å². The molecule has 0 unspecified atom stereocenters. The largest absolute Gasteiger partial charge is 0.480 e. The topological polar surface area (TPSA) is 83.5 Å². The number of sulfonamides is 1. The van der Waals surface area contributed by atoms with E-state index in [0.29, 0.717) is 4.34 Å². The number of nitrogens with one attached hydrogen (secondary N) is 1. The molecule has 0 amide bonds. The molecule has 5 nitrogen and oxygen atoms in total. The predicted octanol–water partition coefficient (Wildman–Crippen LogP) is 1.54. The summed E-state index contributed by atoms with van der Waals surface area (Å²) in [5, 5.41) is 8.81. The highest BCUT2D eigenvalue weighted by atomic mass is 35.5. The van der Waals surface area contributed by atoms with Crippen LogP contribution in [0.15, 0.2) is 16.3 Å². The second-order valence-electron chi connectivity index (χ2n) is 3.59. The van der Waals surface area contributed by atoms with Gasteiger partial charge in [0.25, 0.3) is 10.0 Å². The van der Waals surface area contributed by atoms with Crippen LogP contribution in [0.25, 0.3) is 0 Å². The SMILES string of the molecule is CC(C)(NS(=O)(=O)c1ccc(Cl)s1)C(=O)O. The van der Waals surface area contributed by atoms with E-state index in [1.807, 2.05) is 0 Å². The predicted molar refractivity (Wildman–Crippen MR) is 61.4 cm³/mol. The summed E-state index contributed by atoms with van der Waals surface area (Å²) < 4.78 is 25.9. The summed E-state index contributed by atoms with van der Waals surface area (Å²) >= 11 is 6.48. The number of carboxylic acids is 1. The molecule has 2 N–H and O–H groups in total. The van der Waals surface area contributed by atoms with Crippen LogP contribution in [-0.4, -0.2) is 25.0 Å². The Kier molecular flexibility index (Phi) is 3.63. The zero-order chi connectivity index (χ0) is 12.6. The highest BCUT2D eigenvalue weighted by Crippen LogP contribution is 2.26. The average molecular weight is 284 g/mol. The van der Waals surface area contributed by atoms with Gasteiger partial charge >= 0.3 is 5.97 Å². The van der Waals surface area contributed by atoms with Gasteiger partial charge in [-0.2, -0.15) is 4.72 Å². The normalized spacial score (nSPS) is 12.7. The van der Waals surface area contributed by atoms with Gasteiger partial charge in [0.1, 0.15) is 9.75 Å². The number of rotatable bonds is 4. The molecule has 0 aliphatic carbocycles. The van der Waals surface area contributed by atoms with Crippen LogP contribution in [0.5, 0.6) is 0 Å². The molecule has 0 radical (unpaired) electrons. The third-order valence-corrected chi connectivity index (χ3v) is 5.12. The van der Waals surface area contributed by atoms with Gasteiger partial charge in [-0.15, -0.1) is 11.3 Å². The minimum atomic E-state index is -3.84. The Bertz CT molecular complexity index is 506. The van der Waals surface area contributed by atoms with Crippen LogP contribution in [0.3, 0.4) is 0 Å². The molecule has 16 heavy (non-hydrogen) atoms. The van der Waals surface area contributed by atoms with E-state index < -0.39 is 21.5 Å². The molecule has 0 aliphatic heterocycles. The summed E-state index contributed by atoms with van der Waals surface area (Å²) in [7, 11) is -3.84. The molecule has 0 aromatic carbocycles. The van der Waals surface area contributed by atoms with Crippen LogP contribution in [0.1, 0.15) is 13.8 Å². The van der Waals surface area contributed by atoms with Crippen molar-refractivity contribution in [3.63, 3.8) is 0 Å². The number of thiophene rings is 1. The van der Waals surface area contributed by atoms with Crippen molar-refractivity contribution >= 4 is 38.9 Å². The minimum absolute atomic E-state index is 0.00757. The van der Waals surface area contributed by atoms with Gasteiger partial charge in [-0.1, -0.05) is 11.6 Å². The second kappa shape index (κ2) is 4.33. The molecule has 90 valence electrons. The molecule has 8 heteroatoms. The van der Waals surface area contributed by atoms with E-state index in [4.69, 9.17) is 16.7 Å². The molecular formula is C8H10ClNO4S2. The van der Waals surface area contributed by atoms with Crippen LogP contribution in [-0.2, 0) is 14.8 Å². The number of hydrogen-bond donors (Lipinski definition) is 2. The van der Waals surface area contributed by atoms with E-state index >= 15 is 0 Å². The lowest BCUT2D eigenvalue weighted by molar-refractivity contribution is -0.142. The Morgan fingerprint density at radius 2 is 2.06 bits per heavy atom.